The van der Waals surface area contributed by atoms with E-state index < -0.39 is 35.5 Å². The summed E-state index contributed by atoms with van der Waals surface area (Å²) in [7, 11) is 0. The number of carbonyl (C=O) groups excluding carboxylic acids is 3. The van der Waals surface area contributed by atoms with Crippen LogP contribution in [0.4, 0.5) is 14.4 Å². The molecule has 10 heteroatoms. The zero-order valence-corrected chi connectivity index (χ0v) is 17.7. The molecule has 1 fully saturated rings. The van der Waals surface area contributed by atoms with Crippen LogP contribution >= 0.6 is 12.4 Å². The first kappa shape index (κ1) is 25.3. The number of hydrogen-bond donors (Lipinski definition) is 2. The number of amides is 3. The molecule has 0 spiro atoms. The largest absolute Gasteiger partial charge is 0.447 e. The van der Waals surface area contributed by atoms with Crippen molar-refractivity contribution in [2.75, 3.05) is 13.2 Å². The lowest BCUT2D eigenvalue weighted by atomic mass is 10.0. The summed E-state index contributed by atoms with van der Waals surface area (Å²) in [6, 6.07) is -0.928. The highest BCUT2D eigenvalue weighted by Gasteiger charge is 2.41. The second-order valence-corrected chi connectivity index (χ2v) is 8.24. The molecule has 0 unspecified atom stereocenters. The van der Waals surface area contributed by atoms with Crippen molar-refractivity contribution in [2.45, 2.75) is 77.7 Å². The van der Waals surface area contributed by atoms with E-state index in [-0.39, 0.29) is 25.1 Å². The number of ether oxygens (including phenoxy) is 3. The lowest BCUT2D eigenvalue weighted by Crippen LogP contribution is -2.47. The van der Waals surface area contributed by atoms with E-state index in [0.717, 1.165) is 4.90 Å². The van der Waals surface area contributed by atoms with E-state index in [1.807, 2.05) is 0 Å². The van der Waals surface area contributed by atoms with Crippen LogP contribution in [0.25, 0.3) is 0 Å². The van der Waals surface area contributed by atoms with Crippen LogP contribution in [0, 0.1) is 0 Å². The third kappa shape index (κ3) is 9.14. The zero-order valence-electron chi connectivity index (χ0n) is 16.9. The molecule has 0 aromatic rings. The third-order valence-corrected chi connectivity index (χ3v) is 3.34. The van der Waals surface area contributed by atoms with E-state index in [2.05, 4.69) is 5.32 Å². The van der Waals surface area contributed by atoms with Crippen molar-refractivity contribution < 1.29 is 28.6 Å². The van der Waals surface area contributed by atoms with Crippen molar-refractivity contribution in [1.29, 1.82) is 0 Å². The Kier molecular flexibility index (Phi) is 9.34. The van der Waals surface area contributed by atoms with Gasteiger partial charge in [0.2, 0.25) is 0 Å². The first-order valence-electron chi connectivity index (χ1n) is 8.71. The number of alkyl carbamates (subject to hydrolysis) is 1. The van der Waals surface area contributed by atoms with Crippen molar-refractivity contribution in [3.8, 4) is 0 Å². The second kappa shape index (κ2) is 9.98. The monoisotopic (exact) mass is 409 g/mol. The molecule has 9 nitrogen and oxygen atoms in total. The van der Waals surface area contributed by atoms with Crippen LogP contribution in [0.1, 0.15) is 54.4 Å². The van der Waals surface area contributed by atoms with Gasteiger partial charge in [0.1, 0.15) is 17.8 Å². The Morgan fingerprint density at radius 3 is 2.26 bits per heavy atom. The molecule has 0 radical (unpaired) electrons. The van der Waals surface area contributed by atoms with Gasteiger partial charge in [-0.2, -0.15) is 0 Å². The van der Waals surface area contributed by atoms with Crippen LogP contribution in [0.15, 0.2) is 0 Å². The number of nitrogens with two attached hydrogens (primary N) is 1. The summed E-state index contributed by atoms with van der Waals surface area (Å²) in [4.78, 5) is 37.2. The molecule has 27 heavy (non-hydrogen) atoms. The second-order valence-electron chi connectivity index (χ2n) is 8.24. The van der Waals surface area contributed by atoms with Gasteiger partial charge in [-0.05, 0) is 60.9 Å². The molecule has 1 aliphatic heterocycles. The molecule has 0 saturated carbocycles. The number of hydrogen-bond acceptors (Lipinski definition) is 7. The molecule has 0 aromatic carbocycles. The Morgan fingerprint density at radius 1 is 1.22 bits per heavy atom. The molecule has 2 atom stereocenters. The average Bonchev–Trinajstić information content (AvgIpc) is 2.75. The molecule has 1 rings (SSSR count). The standard InChI is InChI=1S/C17H31N3O6.ClH/c1-16(2,3)25-13(21)19-11(7-8-18)9-12-10-24-14(22)20(12)15(23)26-17(4,5)6;/h11-12H,7-10,18H2,1-6H3,(H,19,21);1H/t11-,12-;/m0./s1. The summed E-state index contributed by atoms with van der Waals surface area (Å²) < 4.78 is 15.5. The Hall–Kier alpha value is -1.74. The van der Waals surface area contributed by atoms with Crippen molar-refractivity contribution in [3.05, 3.63) is 0 Å². The third-order valence-electron chi connectivity index (χ3n) is 3.34. The van der Waals surface area contributed by atoms with E-state index in [0.29, 0.717) is 19.4 Å². The normalized spacial score (nSPS) is 18.3. The van der Waals surface area contributed by atoms with Crippen molar-refractivity contribution in [1.82, 2.24) is 10.2 Å². The predicted octanol–water partition coefficient (Wildman–Crippen LogP) is 2.80. The quantitative estimate of drug-likeness (QED) is 0.669. The SMILES string of the molecule is CC(C)(C)OC(=O)N[C@@H](CCN)C[C@H]1COC(=O)N1C(=O)OC(C)(C)C.Cl. The van der Waals surface area contributed by atoms with Gasteiger partial charge < -0.3 is 25.3 Å². The van der Waals surface area contributed by atoms with E-state index >= 15 is 0 Å². The van der Waals surface area contributed by atoms with Crippen LogP contribution in [-0.4, -0.2) is 59.6 Å². The average molecular weight is 410 g/mol. The number of carbonyl (C=O) groups is 3. The number of cyclic esters (lactones) is 1. The van der Waals surface area contributed by atoms with Gasteiger partial charge in [-0.3, -0.25) is 0 Å². The van der Waals surface area contributed by atoms with E-state index in [1.165, 1.54) is 0 Å². The van der Waals surface area contributed by atoms with Crippen molar-refractivity contribution in [2.24, 2.45) is 5.73 Å². The molecular formula is C17H32ClN3O6. The summed E-state index contributed by atoms with van der Waals surface area (Å²) in [6.07, 6.45) is -1.35. The highest BCUT2D eigenvalue weighted by molar-refractivity contribution is 5.89. The van der Waals surface area contributed by atoms with Gasteiger partial charge in [0, 0.05) is 6.04 Å². The molecule has 3 N–H and O–H groups in total. The van der Waals surface area contributed by atoms with Gasteiger partial charge in [0.25, 0.3) is 0 Å². The van der Waals surface area contributed by atoms with Gasteiger partial charge >= 0.3 is 18.3 Å². The summed E-state index contributed by atoms with van der Waals surface area (Å²) in [5, 5.41) is 2.74. The van der Waals surface area contributed by atoms with Gasteiger partial charge in [-0.15, -0.1) is 12.4 Å². The minimum absolute atomic E-state index is 0. The molecule has 1 aliphatic rings. The lowest BCUT2D eigenvalue weighted by Gasteiger charge is -2.28. The summed E-state index contributed by atoms with van der Waals surface area (Å²) in [6.45, 7) is 10.8. The Bertz CT molecular complexity index is 530. The summed E-state index contributed by atoms with van der Waals surface area (Å²) in [5.41, 5.74) is 4.24. The highest BCUT2D eigenvalue weighted by atomic mass is 35.5. The molecule has 0 bridgehead atoms. The molecule has 1 heterocycles. The maximum absolute atomic E-state index is 12.3. The molecule has 1 saturated heterocycles. The maximum atomic E-state index is 12.3. The fraction of sp³-hybridized carbons (Fsp3) is 0.824. The lowest BCUT2D eigenvalue weighted by molar-refractivity contribution is 0.0280. The van der Waals surface area contributed by atoms with Gasteiger partial charge in [-0.1, -0.05) is 0 Å². The topological polar surface area (TPSA) is 120 Å². The maximum Gasteiger partial charge on any atom is 0.420 e. The fourth-order valence-corrected chi connectivity index (χ4v) is 2.42. The predicted molar refractivity (Wildman–Crippen MR) is 102 cm³/mol. The van der Waals surface area contributed by atoms with Crippen LogP contribution < -0.4 is 11.1 Å². The van der Waals surface area contributed by atoms with Gasteiger partial charge in [0.05, 0.1) is 6.04 Å². The van der Waals surface area contributed by atoms with Crippen LogP contribution in [0.5, 0.6) is 0 Å². The van der Waals surface area contributed by atoms with Crippen LogP contribution in [0.2, 0.25) is 0 Å². The van der Waals surface area contributed by atoms with E-state index in [9.17, 15) is 14.4 Å². The Morgan fingerprint density at radius 2 is 1.78 bits per heavy atom. The minimum Gasteiger partial charge on any atom is -0.447 e. The molecular weight excluding hydrogens is 378 g/mol. The Labute approximate surface area is 166 Å². The van der Waals surface area contributed by atoms with Crippen LogP contribution in [-0.2, 0) is 14.2 Å². The van der Waals surface area contributed by atoms with Gasteiger partial charge in [0.15, 0.2) is 0 Å². The first-order valence-corrected chi connectivity index (χ1v) is 8.71. The minimum atomic E-state index is -0.770. The number of nitrogens with one attached hydrogen (secondary N) is 1. The van der Waals surface area contributed by atoms with Crippen molar-refractivity contribution >= 4 is 30.7 Å². The van der Waals surface area contributed by atoms with Crippen molar-refractivity contribution in [3.63, 3.8) is 0 Å². The number of nitrogens with zero attached hydrogens (tertiary/aromatic N) is 1. The molecule has 0 aromatic heterocycles. The first-order chi connectivity index (χ1) is 11.8. The Balaban J connectivity index is 0.00000676. The number of rotatable bonds is 5. The fourth-order valence-electron chi connectivity index (χ4n) is 2.42. The number of halogens is 1. The van der Waals surface area contributed by atoms with E-state index in [1.54, 1.807) is 41.5 Å². The zero-order chi connectivity index (χ0) is 20.1. The summed E-state index contributed by atoms with van der Waals surface area (Å²) in [5.74, 6) is 0. The number of imide groups is 1. The smallest absolute Gasteiger partial charge is 0.420 e. The molecule has 158 valence electrons. The molecule has 0 aliphatic carbocycles. The summed E-state index contributed by atoms with van der Waals surface area (Å²) >= 11 is 0. The highest BCUT2D eigenvalue weighted by Crippen LogP contribution is 2.22. The van der Waals surface area contributed by atoms with E-state index in [4.69, 9.17) is 19.9 Å². The van der Waals surface area contributed by atoms with Crippen LogP contribution in [0.3, 0.4) is 0 Å². The molecule has 3 amide bonds. The van der Waals surface area contributed by atoms with Gasteiger partial charge in [-0.25, -0.2) is 19.3 Å².